The number of amides is 1. The second-order valence-electron chi connectivity index (χ2n) is 6.91. The summed E-state index contributed by atoms with van der Waals surface area (Å²) < 4.78 is 5.94. The molecule has 0 saturated carbocycles. The fourth-order valence-electron chi connectivity index (χ4n) is 3.48. The largest absolute Gasteiger partial charge is 0.448 e. The van der Waals surface area contributed by atoms with E-state index in [1.807, 2.05) is 60.7 Å². The van der Waals surface area contributed by atoms with E-state index in [1.165, 1.54) is 23.6 Å². The summed E-state index contributed by atoms with van der Waals surface area (Å²) in [6.07, 6.45) is -0.644. The van der Waals surface area contributed by atoms with Gasteiger partial charge in [-0.1, -0.05) is 72.4 Å². The molecule has 2 atom stereocenters. The molecule has 2 heterocycles. The molecule has 0 aliphatic carbocycles. The van der Waals surface area contributed by atoms with Crippen LogP contribution in [-0.2, 0) is 19.1 Å². The fraction of sp³-hybridized carbons (Fsp3) is 0.227. The molecule has 2 aromatic carbocycles. The Labute approximate surface area is 182 Å². The van der Waals surface area contributed by atoms with E-state index in [2.05, 4.69) is 0 Å². The molecule has 0 radical (unpaired) electrons. The van der Waals surface area contributed by atoms with Crippen molar-refractivity contribution in [2.75, 3.05) is 5.75 Å². The highest BCUT2D eigenvalue weighted by Gasteiger charge is 2.52. The Morgan fingerprint density at radius 2 is 1.67 bits per heavy atom. The van der Waals surface area contributed by atoms with Crippen LogP contribution in [0.5, 0.6) is 0 Å². The van der Waals surface area contributed by atoms with Gasteiger partial charge in [-0.25, -0.2) is 4.79 Å². The number of carbonyl (C=O) groups excluding carboxylic acids is 3. The lowest BCUT2D eigenvalue weighted by atomic mass is 10.0. The molecule has 2 N–H and O–H groups in total. The summed E-state index contributed by atoms with van der Waals surface area (Å²) in [7, 11) is 0. The van der Waals surface area contributed by atoms with Gasteiger partial charge in [0.15, 0.2) is 11.2 Å². The van der Waals surface area contributed by atoms with Gasteiger partial charge in [0.25, 0.3) is 0 Å². The Balaban J connectivity index is 1.70. The van der Waals surface area contributed by atoms with Crippen molar-refractivity contribution in [3.05, 3.63) is 82.4 Å². The average Bonchev–Trinajstić information content (AvgIpc) is 2.77. The third-order valence-electron chi connectivity index (χ3n) is 4.86. The number of nitrogens with zero attached hydrogens (tertiary/aromatic N) is 1. The third kappa shape index (κ3) is 3.90. The van der Waals surface area contributed by atoms with Crippen LogP contribution < -0.4 is 5.73 Å². The lowest BCUT2D eigenvalue weighted by Gasteiger charge is -2.48. The molecule has 1 amide bonds. The molecule has 30 heavy (non-hydrogen) atoms. The minimum atomic E-state index is -0.652. The molecule has 8 heteroatoms. The van der Waals surface area contributed by atoms with Crippen molar-refractivity contribution in [1.29, 1.82) is 0 Å². The Morgan fingerprint density at radius 3 is 2.20 bits per heavy atom. The van der Waals surface area contributed by atoms with Crippen molar-refractivity contribution in [2.24, 2.45) is 5.73 Å². The van der Waals surface area contributed by atoms with Crippen LogP contribution in [0.15, 0.2) is 71.3 Å². The van der Waals surface area contributed by atoms with Crippen molar-refractivity contribution in [2.45, 2.75) is 24.4 Å². The summed E-state index contributed by atoms with van der Waals surface area (Å²) in [5, 5.41) is -0.474. The predicted molar refractivity (Wildman–Crippen MR) is 117 cm³/mol. The number of hydrogen-bond donors (Lipinski definition) is 1. The molecule has 1 fully saturated rings. The standard InChI is InChI=1S/C22H20N2O4S2/c1-13(25)30-16-12-29-21-17(23)20(26)24(21)18(16)22(27)28-19(14-8-4-2-5-9-14)15-10-6-3-7-11-15/h2-11,17,19,21H,12,23H2,1H3/t17-,21-/m1/s1. The highest BCUT2D eigenvalue weighted by atomic mass is 32.2. The number of nitrogens with two attached hydrogens (primary N) is 1. The predicted octanol–water partition coefficient (Wildman–Crippen LogP) is 3.05. The van der Waals surface area contributed by atoms with Crippen LogP contribution >= 0.6 is 23.5 Å². The zero-order valence-corrected chi connectivity index (χ0v) is 17.8. The highest BCUT2D eigenvalue weighted by Crippen LogP contribution is 2.43. The first-order valence-electron chi connectivity index (χ1n) is 9.40. The van der Waals surface area contributed by atoms with Gasteiger partial charge in [-0.2, -0.15) is 0 Å². The number of hydrogen-bond acceptors (Lipinski definition) is 7. The van der Waals surface area contributed by atoms with E-state index in [-0.39, 0.29) is 22.1 Å². The summed E-state index contributed by atoms with van der Waals surface area (Å²) in [5.74, 6) is -0.545. The van der Waals surface area contributed by atoms with Crippen LogP contribution in [0.25, 0.3) is 0 Å². The topological polar surface area (TPSA) is 89.7 Å². The zero-order chi connectivity index (χ0) is 21.3. The van der Waals surface area contributed by atoms with E-state index in [4.69, 9.17) is 10.5 Å². The van der Waals surface area contributed by atoms with Crippen LogP contribution in [-0.4, -0.2) is 39.1 Å². The number of benzene rings is 2. The molecule has 154 valence electrons. The van der Waals surface area contributed by atoms with E-state index < -0.39 is 18.1 Å². The van der Waals surface area contributed by atoms with Crippen LogP contribution in [0.3, 0.4) is 0 Å². The highest BCUT2D eigenvalue weighted by molar-refractivity contribution is 8.17. The van der Waals surface area contributed by atoms with Crippen LogP contribution in [0, 0.1) is 0 Å². The summed E-state index contributed by atoms with van der Waals surface area (Å²) in [5.41, 5.74) is 7.66. The zero-order valence-electron chi connectivity index (χ0n) is 16.2. The number of fused-ring (bicyclic) bond motifs is 1. The maximum atomic E-state index is 13.3. The van der Waals surface area contributed by atoms with Crippen LogP contribution in [0.2, 0.25) is 0 Å². The summed E-state index contributed by atoms with van der Waals surface area (Å²) in [6, 6.07) is 18.2. The summed E-state index contributed by atoms with van der Waals surface area (Å²) in [4.78, 5) is 39.4. The van der Waals surface area contributed by atoms with Crippen molar-refractivity contribution in [3.63, 3.8) is 0 Å². The smallest absolute Gasteiger partial charge is 0.356 e. The molecule has 6 nitrogen and oxygen atoms in total. The van der Waals surface area contributed by atoms with Crippen molar-refractivity contribution >= 4 is 40.5 Å². The quantitative estimate of drug-likeness (QED) is 0.565. The second-order valence-corrected chi connectivity index (χ2v) is 9.28. The Hall–Kier alpha value is -2.55. The number of β-lactam (4-membered cyclic amide) rings is 1. The molecule has 0 spiro atoms. The third-order valence-corrected chi connectivity index (χ3v) is 7.22. The van der Waals surface area contributed by atoms with E-state index in [0.717, 1.165) is 22.9 Å². The van der Waals surface area contributed by atoms with Gasteiger partial charge in [0.1, 0.15) is 17.1 Å². The van der Waals surface area contributed by atoms with Gasteiger partial charge in [-0.15, -0.1) is 11.8 Å². The van der Waals surface area contributed by atoms with Crippen molar-refractivity contribution in [1.82, 2.24) is 4.90 Å². The second kappa shape index (κ2) is 8.67. The number of thioether (sulfide) groups is 2. The number of rotatable bonds is 5. The normalized spacial score (nSPS) is 20.6. The first-order chi connectivity index (χ1) is 14.5. The number of carbonyl (C=O) groups is 3. The molecule has 0 aromatic heterocycles. The Morgan fingerprint density at radius 1 is 1.10 bits per heavy atom. The Bertz CT molecular complexity index is 971. The Kier molecular flexibility index (Phi) is 5.99. The van der Waals surface area contributed by atoms with E-state index in [9.17, 15) is 14.4 Å². The SMILES string of the molecule is CC(=O)SC1=C(C(=O)OC(c2ccccc2)c2ccccc2)N2C(=O)[C@@H](N)[C@H]2SC1. The van der Waals surface area contributed by atoms with Crippen LogP contribution in [0.1, 0.15) is 24.2 Å². The fourth-order valence-corrected chi connectivity index (χ4v) is 5.68. The van der Waals surface area contributed by atoms with E-state index in [1.54, 1.807) is 0 Å². The first-order valence-corrected chi connectivity index (χ1v) is 11.3. The summed E-state index contributed by atoms with van der Waals surface area (Å²) in [6.45, 7) is 1.43. The van der Waals surface area contributed by atoms with E-state index >= 15 is 0 Å². The monoisotopic (exact) mass is 440 g/mol. The van der Waals surface area contributed by atoms with Gasteiger partial charge in [-0.05, 0) is 11.1 Å². The van der Waals surface area contributed by atoms with E-state index in [0.29, 0.717) is 10.7 Å². The molecule has 2 aliphatic rings. The molecular formula is C22H20N2O4S2. The van der Waals surface area contributed by atoms with Gasteiger partial charge in [0, 0.05) is 17.6 Å². The first kappa shape index (κ1) is 20.7. The number of ether oxygens (including phenoxy) is 1. The van der Waals surface area contributed by atoms with Gasteiger partial charge in [-0.3, -0.25) is 14.5 Å². The van der Waals surface area contributed by atoms with Crippen LogP contribution in [0.4, 0.5) is 0 Å². The molecular weight excluding hydrogens is 420 g/mol. The maximum Gasteiger partial charge on any atom is 0.356 e. The molecule has 0 bridgehead atoms. The lowest BCUT2D eigenvalue weighted by Crippen LogP contribution is -2.68. The minimum absolute atomic E-state index is 0.127. The average molecular weight is 441 g/mol. The molecule has 4 rings (SSSR count). The molecule has 0 unspecified atom stereocenters. The molecule has 1 saturated heterocycles. The van der Waals surface area contributed by atoms with Gasteiger partial charge in [0.05, 0.1) is 0 Å². The maximum absolute atomic E-state index is 13.3. The summed E-state index contributed by atoms with van der Waals surface area (Å²) >= 11 is 2.41. The molecule has 2 aliphatic heterocycles. The number of esters is 1. The van der Waals surface area contributed by atoms with Crippen molar-refractivity contribution in [3.8, 4) is 0 Å². The molecule has 2 aromatic rings. The lowest BCUT2D eigenvalue weighted by molar-refractivity contribution is -0.152. The minimum Gasteiger partial charge on any atom is -0.448 e. The van der Waals surface area contributed by atoms with Gasteiger partial charge in [0.2, 0.25) is 5.91 Å². The van der Waals surface area contributed by atoms with Crippen molar-refractivity contribution < 1.29 is 19.1 Å². The van der Waals surface area contributed by atoms with Gasteiger partial charge < -0.3 is 10.5 Å². The van der Waals surface area contributed by atoms with Gasteiger partial charge >= 0.3 is 5.97 Å².